The van der Waals surface area contributed by atoms with Gasteiger partial charge in [0.15, 0.2) is 0 Å². The van der Waals surface area contributed by atoms with Crippen molar-refractivity contribution in [3.63, 3.8) is 0 Å². The maximum Gasteiger partial charge on any atom is 0.246 e. The number of carbonyl (C=O) groups excluding carboxylic acids is 1. The van der Waals surface area contributed by atoms with Crippen LogP contribution in [0.1, 0.15) is 31.7 Å². The Morgan fingerprint density at radius 2 is 2.10 bits per heavy atom. The minimum atomic E-state index is -1.60. The van der Waals surface area contributed by atoms with Gasteiger partial charge in [-0.3, -0.25) is 20.2 Å². The van der Waals surface area contributed by atoms with Gasteiger partial charge in [-0.05, 0) is 25.5 Å². The van der Waals surface area contributed by atoms with Gasteiger partial charge in [0.2, 0.25) is 11.9 Å². The first kappa shape index (κ1) is 21.2. The number of halogens is 3. The van der Waals surface area contributed by atoms with Crippen LogP contribution in [0.2, 0.25) is 5.02 Å². The number of aliphatic hydroxyl groups excluding tert-OH is 1. The average molecular weight is 456 g/mol. The second-order valence-electron chi connectivity index (χ2n) is 8.25. The summed E-state index contributed by atoms with van der Waals surface area (Å²) in [5.74, 6) is -2.58. The third-order valence-corrected chi connectivity index (χ3v) is 7.26. The highest BCUT2D eigenvalue weighted by Gasteiger charge is 2.74. The number of benzene rings is 1. The minimum absolute atomic E-state index is 0.0434. The van der Waals surface area contributed by atoms with Crippen LogP contribution in [0.4, 0.5) is 4.39 Å². The van der Waals surface area contributed by atoms with Crippen LogP contribution in [0.5, 0.6) is 0 Å². The number of carbonyl (C=O) groups is 1. The Labute approximate surface area is 182 Å². The predicted molar refractivity (Wildman–Crippen MR) is 109 cm³/mol. The van der Waals surface area contributed by atoms with E-state index < -0.39 is 51.7 Å². The lowest BCUT2D eigenvalue weighted by molar-refractivity contribution is -0.528. The molecule has 1 aliphatic carbocycles. The van der Waals surface area contributed by atoms with Crippen LogP contribution in [-0.2, 0) is 4.79 Å². The highest BCUT2D eigenvalue weighted by molar-refractivity contribution is 6.31. The molecule has 1 spiro atoms. The summed E-state index contributed by atoms with van der Waals surface area (Å²) in [6, 6.07) is 1.67. The van der Waals surface area contributed by atoms with Gasteiger partial charge < -0.3 is 10.4 Å². The second-order valence-corrected chi connectivity index (χ2v) is 9.10. The van der Waals surface area contributed by atoms with Crippen LogP contribution in [-0.4, -0.2) is 39.7 Å². The number of hydrogen-bond donors (Lipinski definition) is 3. The number of amides is 1. The Balaban J connectivity index is 2.02. The van der Waals surface area contributed by atoms with E-state index in [0.717, 1.165) is 0 Å². The quantitative estimate of drug-likeness (QED) is 0.480. The molecule has 2 aliphatic heterocycles. The van der Waals surface area contributed by atoms with Gasteiger partial charge in [0, 0.05) is 26.6 Å². The lowest BCUT2D eigenvalue weighted by Gasteiger charge is -2.43. The highest BCUT2D eigenvalue weighted by Crippen LogP contribution is 2.59. The van der Waals surface area contributed by atoms with E-state index in [1.165, 1.54) is 25.1 Å². The van der Waals surface area contributed by atoms with Gasteiger partial charge in [0.1, 0.15) is 17.4 Å². The Kier molecular flexibility index (Phi) is 4.97. The Morgan fingerprint density at radius 3 is 2.73 bits per heavy atom. The molecule has 2 saturated heterocycles. The normalized spacial score (nSPS) is 36.2. The SMILES string of the molecule is C[C@@H](O)C1N[C@]2(C(=O)NC3=CC(Cl)=CCC32C)[C@H](c2cccc(Cl)c2F)[C@H]1[N+](=O)[O-]. The van der Waals surface area contributed by atoms with Gasteiger partial charge in [0.05, 0.1) is 17.0 Å². The fraction of sp³-hybridized carbons (Fsp3) is 0.450. The molecule has 0 bridgehead atoms. The van der Waals surface area contributed by atoms with E-state index in [1.54, 1.807) is 19.1 Å². The number of nitrogens with zero attached hydrogens (tertiary/aromatic N) is 1. The van der Waals surface area contributed by atoms with Crippen LogP contribution in [0.3, 0.4) is 0 Å². The van der Waals surface area contributed by atoms with Crippen LogP contribution in [0.15, 0.2) is 41.1 Å². The Morgan fingerprint density at radius 1 is 1.40 bits per heavy atom. The van der Waals surface area contributed by atoms with Crippen molar-refractivity contribution in [3.8, 4) is 0 Å². The summed E-state index contributed by atoms with van der Waals surface area (Å²) in [4.78, 5) is 25.1. The van der Waals surface area contributed by atoms with Gasteiger partial charge in [-0.1, -0.05) is 48.3 Å². The van der Waals surface area contributed by atoms with E-state index in [0.29, 0.717) is 17.2 Å². The molecule has 0 radical (unpaired) electrons. The minimum Gasteiger partial charge on any atom is -0.392 e. The fourth-order valence-electron chi connectivity index (χ4n) is 5.23. The summed E-state index contributed by atoms with van der Waals surface area (Å²) < 4.78 is 15.2. The Bertz CT molecular complexity index is 1010. The molecule has 7 nitrogen and oxygen atoms in total. The summed E-state index contributed by atoms with van der Waals surface area (Å²) in [6.07, 6.45) is 2.44. The molecule has 0 saturated carbocycles. The lowest BCUT2D eigenvalue weighted by Crippen LogP contribution is -2.61. The van der Waals surface area contributed by atoms with Crippen molar-refractivity contribution in [2.24, 2.45) is 5.41 Å². The number of hydrogen-bond acceptors (Lipinski definition) is 5. The van der Waals surface area contributed by atoms with Gasteiger partial charge in [-0.2, -0.15) is 0 Å². The largest absolute Gasteiger partial charge is 0.392 e. The smallest absolute Gasteiger partial charge is 0.246 e. The van der Waals surface area contributed by atoms with E-state index >= 15 is 4.39 Å². The molecule has 2 fully saturated rings. The first-order chi connectivity index (χ1) is 14.0. The third kappa shape index (κ3) is 2.67. The number of nitrogens with one attached hydrogen (secondary N) is 2. The zero-order chi connectivity index (χ0) is 22.0. The van der Waals surface area contributed by atoms with Crippen molar-refractivity contribution in [1.29, 1.82) is 0 Å². The van der Waals surface area contributed by atoms with E-state index in [4.69, 9.17) is 23.2 Å². The van der Waals surface area contributed by atoms with E-state index in [9.17, 15) is 20.0 Å². The molecule has 4 rings (SSSR count). The maximum atomic E-state index is 15.2. The Hall–Kier alpha value is -2.00. The number of allylic oxidation sites excluding steroid dienone is 3. The molecule has 1 aromatic carbocycles. The van der Waals surface area contributed by atoms with Crippen LogP contribution in [0, 0.1) is 21.3 Å². The van der Waals surface area contributed by atoms with E-state index in [-0.39, 0.29) is 10.6 Å². The number of fused-ring (bicyclic) bond motifs is 2. The maximum absolute atomic E-state index is 15.2. The molecule has 6 atom stereocenters. The summed E-state index contributed by atoms with van der Waals surface area (Å²) in [5, 5.41) is 28.6. The van der Waals surface area contributed by atoms with Crippen molar-refractivity contribution in [3.05, 3.63) is 67.6 Å². The summed E-state index contributed by atoms with van der Waals surface area (Å²) in [5.41, 5.74) is -2.14. The molecule has 0 aromatic heterocycles. The molecular weight excluding hydrogens is 436 g/mol. The van der Waals surface area contributed by atoms with Gasteiger partial charge >= 0.3 is 0 Å². The molecule has 2 unspecified atom stereocenters. The predicted octanol–water partition coefficient (Wildman–Crippen LogP) is 2.85. The van der Waals surface area contributed by atoms with Crippen molar-refractivity contribution < 1.29 is 19.2 Å². The first-order valence-corrected chi connectivity index (χ1v) is 10.2. The molecule has 3 N–H and O–H groups in total. The summed E-state index contributed by atoms with van der Waals surface area (Å²) in [7, 11) is 0. The average Bonchev–Trinajstić information content (AvgIpc) is 3.14. The van der Waals surface area contributed by atoms with Gasteiger partial charge in [-0.25, -0.2) is 4.39 Å². The summed E-state index contributed by atoms with van der Waals surface area (Å²) >= 11 is 12.1. The van der Waals surface area contributed by atoms with Gasteiger partial charge in [0.25, 0.3) is 0 Å². The van der Waals surface area contributed by atoms with Gasteiger partial charge in [-0.15, -0.1) is 0 Å². The molecular formula is C20H20Cl2FN3O4. The topological polar surface area (TPSA) is 104 Å². The molecule has 1 amide bonds. The molecule has 10 heteroatoms. The number of rotatable bonds is 3. The zero-order valence-corrected chi connectivity index (χ0v) is 17.7. The molecule has 30 heavy (non-hydrogen) atoms. The molecule has 160 valence electrons. The van der Waals surface area contributed by atoms with Crippen LogP contribution in [0.25, 0.3) is 0 Å². The van der Waals surface area contributed by atoms with Crippen molar-refractivity contribution in [1.82, 2.24) is 10.6 Å². The lowest BCUT2D eigenvalue weighted by atomic mass is 9.60. The molecule has 3 aliphatic rings. The zero-order valence-electron chi connectivity index (χ0n) is 16.2. The number of nitro groups is 1. The second kappa shape index (κ2) is 7.02. The fourth-order valence-corrected chi connectivity index (χ4v) is 5.60. The molecule has 1 aromatic rings. The van der Waals surface area contributed by atoms with Crippen LogP contribution >= 0.6 is 23.2 Å². The highest BCUT2D eigenvalue weighted by atomic mass is 35.5. The standard InChI is InChI=1S/C20H20Cl2FN3O4/c1-9(27)16-17(26(29)30)14(11-4-3-5-12(22)15(11)23)20(25-16)18(28)24-13-8-10(21)6-7-19(13,20)2/h3-6,8-9,14,16-17,25,27H,7H2,1-2H3,(H,24,28)/t9-,14-,16?,17-,19?,20+/m1/s1. The van der Waals surface area contributed by atoms with E-state index in [2.05, 4.69) is 10.6 Å². The molecule has 2 heterocycles. The monoisotopic (exact) mass is 455 g/mol. The van der Waals surface area contributed by atoms with Crippen molar-refractivity contribution in [2.75, 3.05) is 0 Å². The first-order valence-electron chi connectivity index (χ1n) is 9.47. The third-order valence-electron chi connectivity index (χ3n) is 6.71. The summed E-state index contributed by atoms with van der Waals surface area (Å²) in [6.45, 7) is 3.18. The van der Waals surface area contributed by atoms with Crippen molar-refractivity contribution in [2.45, 2.75) is 49.9 Å². The van der Waals surface area contributed by atoms with Crippen LogP contribution < -0.4 is 10.6 Å². The van der Waals surface area contributed by atoms with E-state index in [1.807, 2.05) is 0 Å². The number of aliphatic hydroxyl groups is 1. The van der Waals surface area contributed by atoms with Crippen molar-refractivity contribution >= 4 is 29.1 Å².